The maximum absolute atomic E-state index is 12.6. The van der Waals surface area contributed by atoms with Gasteiger partial charge in [-0.1, -0.05) is 29.8 Å². The minimum atomic E-state index is -3.60. The number of hydrogen-bond acceptors (Lipinski definition) is 4. The molecule has 2 aromatic rings. The van der Waals surface area contributed by atoms with Crippen LogP contribution in [0.15, 0.2) is 53.4 Å². The van der Waals surface area contributed by atoms with E-state index in [1.807, 2.05) is 12.1 Å². The molecule has 2 aromatic carbocycles. The van der Waals surface area contributed by atoms with E-state index in [9.17, 15) is 8.42 Å². The minimum Gasteiger partial charge on any atom is -0.491 e. The van der Waals surface area contributed by atoms with Crippen LogP contribution in [-0.4, -0.2) is 40.1 Å². The van der Waals surface area contributed by atoms with Crippen molar-refractivity contribution in [2.75, 3.05) is 27.4 Å². The molecule has 0 bridgehead atoms. The number of nitrogens with zero attached hydrogens (tertiary/aromatic N) is 1. The maximum Gasteiger partial charge on any atom is 0.243 e. The highest BCUT2D eigenvalue weighted by molar-refractivity contribution is 7.89. The van der Waals surface area contributed by atoms with E-state index < -0.39 is 10.0 Å². The largest absolute Gasteiger partial charge is 0.491 e. The topological polar surface area (TPSA) is 55.8 Å². The van der Waals surface area contributed by atoms with E-state index in [2.05, 4.69) is 0 Å². The predicted molar refractivity (Wildman–Crippen MR) is 93.9 cm³/mol. The average Bonchev–Trinajstić information content (AvgIpc) is 2.57. The lowest BCUT2D eigenvalue weighted by Crippen LogP contribution is -2.26. The molecular weight excluding hydrogens is 350 g/mol. The van der Waals surface area contributed by atoms with Gasteiger partial charge in [-0.15, -0.1) is 0 Å². The first-order valence-electron chi connectivity index (χ1n) is 7.36. The van der Waals surface area contributed by atoms with Gasteiger partial charge in [-0.2, -0.15) is 4.31 Å². The molecule has 0 aliphatic rings. The van der Waals surface area contributed by atoms with Crippen molar-refractivity contribution in [2.24, 2.45) is 0 Å². The summed E-state index contributed by atoms with van der Waals surface area (Å²) >= 11 is 6.10. The molecule has 0 fully saturated rings. The Bertz CT molecular complexity index is 762. The zero-order chi connectivity index (χ0) is 17.6. The SMILES string of the molecule is COCCOc1ccc(S(=O)(=O)N(C)Cc2ccccc2Cl)cc1. The van der Waals surface area contributed by atoms with Gasteiger partial charge in [-0.05, 0) is 35.9 Å². The maximum atomic E-state index is 12.6. The fraction of sp³-hybridized carbons (Fsp3) is 0.294. The van der Waals surface area contributed by atoms with Crippen molar-refractivity contribution in [3.8, 4) is 5.75 Å². The summed E-state index contributed by atoms with van der Waals surface area (Å²) in [4.78, 5) is 0.205. The standard InChI is InChI=1S/C17H20ClNO4S/c1-19(13-14-5-3-4-6-17(14)18)24(20,21)16-9-7-15(8-10-16)23-12-11-22-2/h3-10H,11-13H2,1-2H3. The van der Waals surface area contributed by atoms with Crippen molar-refractivity contribution >= 4 is 21.6 Å². The van der Waals surface area contributed by atoms with Gasteiger partial charge in [0.15, 0.2) is 0 Å². The van der Waals surface area contributed by atoms with Gasteiger partial charge in [0.05, 0.1) is 11.5 Å². The number of benzene rings is 2. The smallest absolute Gasteiger partial charge is 0.243 e. The third kappa shape index (κ3) is 4.70. The lowest BCUT2D eigenvalue weighted by Gasteiger charge is -2.18. The van der Waals surface area contributed by atoms with E-state index in [4.69, 9.17) is 21.1 Å². The molecule has 2 rings (SSSR count). The second-order valence-corrected chi connectivity index (χ2v) is 7.62. The molecule has 0 atom stereocenters. The van der Waals surface area contributed by atoms with E-state index in [-0.39, 0.29) is 11.4 Å². The molecule has 0 aliphatic carbocycles. The van der Waals surface area contributed by atoms with Crippen molar-refractivity contribution in [3.63, 3.8) is 0 Å². The Morgan fingerprint density at radius 2 is 1.71 bits per heavy atom. The van der Waals surface area contributed by atoms with Gasteiger partial charge in [0.2, 0.25) is 10.0 Å². The van der Waals surface area contributed by atoms with Crippen LogP contribution in [0.5, 0.6) is 5.75 Å². The zero-order valence-electron chi connectivity index (χ0n) is 13.6. The Labute approximate surface area is 147 Å². The first-order chi connectivity index (χ1) is 11.4. The summed E-state index contributed by atoms with van der Waals surface area (Å²) in [5, 5.41) is 0.543. The molecule has 0 heterocycles. The average molecular weight is 370 g/mol. The highest BCUT2D eigenvalue weighted by Crippen LogP contribution is 2.22. The van der Waals surface area contributed by atoms with Crippen LogP contribution in [0.3, 0.4) is 0 Å². The molecule has 0 amide bonds. The van der Waals surface area contributed by atoms with Crippen LogP contribution in [0, 0.1) is 0 Å². The van der Waals surface area contributed by atoms with E-state index in [0.29, 0.717) is 24.0 Å². The Hall–Kier alpha value is -1.60. The molecule has 24 heavy (non-hydrogen) atoms. The quantitative estimate of drug-likeness (QED) is 0.670. The molecule has 0 radical (unpaired) electrons. The molecular formula is C17H20ClNO4S. The molecule has 5 nitrogen and oxygen atoms in total. The molecule has 130 valence electrons. The fourth-order valence-electron chi connectivity index (χ4n) is 2.08. The van der Waals surface area contributed by atoms with Crippen molar-refractivity contribution in [3.05, 3.63) is 59.1 Å². The molecule has 0 unspecified atom stereocenters. The number of hydrogen-bond donors (Lipinski definition) is 0. The van der Waals surface area contributed by atoms with Crippen LogP contribution < -0.4 is 4.74 Å². The van der Waals surface area contributed by atoms with Crippen LogP contribution in [-0.2, 0) is 21.3 Å². The Kier molecular flexibility index (Phi) is 6.62. The number of ether oxygens (including phenoxy) is 2. The number of methoxy groups -OCH3 is 1. The highest BCUT2D eigenvalue weighted by atomic mass is 35.5. The summed E-state index contributed by atoms with van der Waals surface area (Å²) in [6.45, 7) is 1.09. The van der Waals surface area contributed by atoms with E-state index in [0.717, 1.165) is 5.56 Å². The summed E-state index contributed by atoms with van der Waals surface area (Å²) in [5.41, 5.74) is 0.754. The Morgan fingerprint density at radius 3 is 2.33 bits per heavy atom. The predicted octanol–water partition coefficient (Wildman–Crippen LogP) is 3.19. The van der Waals surface area contributed by atoms with Crippen LogP contribution in [0.25, 0.3) is 0 Å². The lowest BCUT2D eigenvalue weighted by atomic mass is 10.2. The van der Waals surface area contributed by atoms with Crippen molar-refractivity contribution in [2.45, 2.75) is 11.4 Å². The van der Waals surface area contributed by atoms with E-state index >= 15 is 0 Å². The number of halogens is 1. The van der Waals surface area contributed by atoms with Gasteiger partial charge in [0.1, 0.15) is 12.4 Å². The summed E-state index contributed by atoms with van der Waals surface area (Å²) in [5.74, 6) is 0.597. The summed E-state index contributed by atoms with van der Waals surface area (Å²) in [6, 6.07) is 13.5. The molecule has 0 saturated carbocycles. The lowest BCUT2D eigenvalue weighted by molar-refractivity contribution is 0.146. The van der Waals surface area contributed by atoms with Gasteiger partial charge >= 0.3 is 0 Å². The Balaban J connectivity index is 2.10. The molecule has 7 heteroatoms. The third-order valence-corrected chi connectivity index (χ3v) is 5.63. The zero-order valence-corrected chi connectivity index (χ0v) is 15.2. The third-order valence-electron chi connectivity index (χ3n) is 3.44. The monoisotopic (exact) mass is 369 g/mol. The minimum absolute atomic E-state index is 0.202. The summed E-state index contributed by atoms with van der Waals surface area (Å²) < 4.78 is 36.9. The Morgan fingerprint density at radius 1 is 1.04 bits per heavy atom. The first kappa shape index (κ1) is 18.7. The molecule has 0 spiro atoms. The van der Waals surface area contributed by atoms with Crippen molar-refractivity contribution in [1.29, 1.82) is 0 Å². The second-order valence-electron chi connectivity index (χ2n) is 5.17. The van der Waals surface area contributed by atoms with Gasteiger partial charge in [0.25, 0.3) is 0 Å². The second kappa shape index (κ2) is 8.48. The van der Waals surface area contributed by atoms with Gasteiger partial charge < -0.3 is 9.47 Å². The molecule has 0 aromatic heterocycles. The number of sulfonamides is 1. The molecule has 0 aliphatic heterocycles. The van der Waals surface area contributed by atoms with Gasteiger partial charge in [-0.3, -0.25) is 0 Å². The van der Waals surface area contributed by atoms with Crippen molar-refractivity contribution < 1.29 is 17.9 Å². The van der Waals surface area contributed by atoms with Gasteiger partial charge in [-0.25, -0.2) is 8.42 Å². The first-order valence-corrected chi connectivity index (χ1v) is 9.18. The molecule has 0 saturated heterocycles. The van der Waals surface area contributed by atoms with E-state index in [1.165, 1.54) is 23.5 Å². The summed E-state index contributed by atoms with van der Waals surface area (Å²) in [7, 11) is -0.481. The van der Waals surface area contributed by atoms with Crippen LogP contribution in [0.4, 0.5) is 0 Å². The fourth-order valence-corrected chi connectivity index (χ4v) is 3.43. The summed E-state index contributed by atoms with van der Waals surface area (Å²) in [6.07, 6.45) is 0. The van der Waals surface area contributed by atoms with Crippen molar-refractivity contribution in [1.82, 2.24) is 4.31 Å². The van der Waals surface area contributed by atoms with Crippen LogP contribution in [0.2, 0.25) is 5.02 Å². The highest BCUT2D eigenvalue weighted by Gasteiger charge is 2.21. The molecule has 0 N–H and O–H groups in total. The van der Waals surface area contributed by atoms with E-state index in [1.54, 1.807) is 31.4 Å². The van der Waals surface area contributed by atoms with Crippen LogP contribution in [0.1, 0.15) is 5.56 Å². The normalized spacial score (nSPS) is 11.7. The number of rotatable bonds is 8. The van der Waals surface area contributed by atoms with Gasteiger partial charge in [0, 0.05) is 25.7 Å². The van der Waals surface area contributed by atoms with Crippen LogP contribution >= 0.6 is 11.6 Å².